The van der Waals surface area contributed by atoms with E-state index in [2.05, 4.69) is 6.07 Å². The number of hydrogen-bond acceptors (Lipinski definition) is 3. The van der Waals surface area contributed by atoms with Gasteiger partial charge in [-0.3, -0.25) is 0 Å². The molecule has 0 aromatic rings. The first kappa shape index (κ1) is 11.8. The molecule has 0 amide bonds. The molecule has 0 N–H and O–H groups in total. The molecule has 18 heavy (non-hydrogen) atoms. The summed E-state index contributed by atoms with van der Waals surface area (Å²) in [7, 11) is 0. The Morgan fingerprint density at radius 2 is 2.22 bits per heavy atom. The van der Waals surface area contributed by atoms with Crippen LogP contribution in [0.25, 0.3) is 0 Å². The van der Waals surface area contributed by atoms with E-state index in [1.54, 1.807) is 6.92 Å². The minimum Gasteiger partial charge on any atom is -0.462 e. The van der Waals surface area contributed by atoms with Gasteiger partial charge in [-0.25, -0.2) is 4.79 Å². The van der Waals surface area contributed by atoms with Crippen LogP contribution in [0, 0.1) is 35.0 Å². The monoisotopic (exact) mass is 245 g/mol. The first-order valence-electron chi connectivity index (χ1n) is 7.06. The van der Waals surface area contributed by atoms with Crippen molar-refractivity contribution in [2.24, 2.45) is 23.7 Å². The Morgan fingerprint density at radius 1 is 1.44 bits per heavy atom. The third-order valence-corrected chi connectivity index (χ3v) is 5.15. The number of allylic oxidation sites excluding steroid dienone is 1. The van der Waals surface area contributed by atoms with Crippen LogP contribution < -0.4 is 0 Å². The lowest BCUT2D eigenvalue weighted by molar-refractivity contribution is -0.138. The molecule has 96 valence electrons. The second kappa shape index (κ2) is 4.42. The van der Waals surface area contributed by atoms with E-state index in [9.17, 15) is 10.1 Å². The first-order valence-corrected chi connectivity index (χ1v) is 7.06. The number of hydrogen-bond donors (Lipinski definition) is 0. The molecule has 3 aliphatic rings. The average Bonchev–Trinajstić information content (AvgIpc) is 3.02. The number of fused-ring (bicyclic) bond motifs is 5. The van der Waals surface area contributed by atoms with Crippen LogP contribution in [-0.2, 0) is 9.53 Å². The van der Waals surface area contributed by atoms with Gasteiger partial charge in [-0.1, -0.05) is 6.42 Å². The lowest BCUT2D eigenvalue weighted by atomic mass is 9.77. The maximum absolute atomic E-state index is 11.8. The predicted octanol–water partition coefficient (Wildman–Crippen LogP) is 2.83. The summed E-state index contributed by atoms with van der Waals surface area (Å²) in [5.74, 6) is 2.45. The molecule has 0 radical (unpaired) electrons. The molecule has 2 bridgehead atoms. The van der Waals surface area contributed by atoms with Gasteiger partial charge in [-0.2, -0.15) is 5.26 Å². The normalized spacial score (nSPS) is 39.3. The summed E-state index contributed by atoms with van der Waals surface area (Å²) in [6, 6.07) is 2.10. The standard InChI is InChI=1S/C15H19NO2/c1-2-18-15(17)14(8-16)13-7-9-6-12(13)11-5-3-4-10(9)11/h9-12H,2-7H2,1H3/b14-13+/t9-,10-,11+,12+/m1/s1. The predicted molar refractivity (Wildman–Crippen MR) is 66.3 cm³/mol. The summed E-state index contributed by atoms with van der Waals surface area (Å²) in [5, 5.41) is 9.24. The highest BCUT2D eigenvalue weighted by atomic mass is 16.5. The molecule has 3 saturated carbocycles. The third-order valence-electron chi connectivity index (χ3n) is 5.15. The second-order valence-electron chi connectivity index (χ2n) is 5.80. The lowest BCUT2D eigenvalue weighted by Crippen LogP contribution is -2.21. The molecule has 0 unspecified atom stereocenters. The van der Waals surface area contributed by atoms with Gasteiger partial charge >= 0.3 is 5.97 Å². The zero-order valence-corrected chi connectivity index (χ0v) is 10.8. The fourth-order valence-electron chi connectivity index (χ4n) is 4.59. The largest absolute Gasteiger partial charge is 0.462 e. The Labute approximate surface area is 108 Å². The van der Waals surface area contributed by atoms with E-state index < -0.39 is 5.97 Å². The van der Waals surface area contributed by atoms with Crippen LogP contribution in [0.4, 0.5) is 0 Å². The van der Waals surface area contributed by atoms with Gasteiger partial charge in [0.1, 0.15) is 11.6 Å². The Balaban J connectivity index is 1.89. The number of nitriles is 1. The van der Waals surface area contributed by atoms with E-state index in [1.165, 1.54) is 25.7 Å². The van der Waals surface area contributed by atoms with E-state index >= 15 is 0 Å². The Morgan fingerprint density at radius 3 is 2.94 bits per heavy atom. The topological polar surface area (TPSA) is 50.1 Å². The fraction of sp³-hybridized carbons (Fsp3) is 0.733. The number of nitrogens with zero attached hydrogens (tertiary/aromatic N) is 1. The number of carbonyl (C=O) groups excluding carboxylic acids is 1. The molecule has 4 atom stereocenters. The summed E-state index contributed by atoms with van der Waals surface area (Å²) in [6.07, 6.45) is 6.15. The molecule has 3 aliphatic carbocycles. The van der Waals surface area contributed by atoms with E-state index in [0.717, 1.165) is 29.7 Å². The minimum absolute atomic E-state index is 0.315. The minimum atomic E-state index is -0.405. The van der Waals surface area contributed by atoms with Crippen LogP contribution in [0.15, 0.2) is 11.1 Å². The number of esters is 1. The third kappa shape index (κ3) is 1.59. The van der Waals surface area contributed by atoms with Crippen molar-refractivity contribution >= 4 is 5.97 Å². The Kier molecular flexibility index (Phi) is 2.89. The first-order chi connectivity index (χ1) is 8.76. The highest BCUT2D eigenvalue weighted by molar-refractivity contribution is 5.94. The molecular weight excluding hydrogens is 226 g/mol. The average molecular weight is 245 g/mol. The number of ether oxygens (including phenoxy) is 1. The zero-order valence-electron chi connectivity index (χ0n) is 10.8. The van der Waals surface area contributed by atoms with Crippen molar-refractivity contribution in [2.75, 3.05) is 6.61 Å². The second-order valence-corrected chi connectivity index (χ2v) is 5.80. The molecule has 3 nitrogen and oxygen atoms in total. The molecule has 0 spiro atoms. The van der Waals surface area contributed by atoms with Crippen LogP contribution in [0.3, 0.4) is 0 Å². The Bertz CT molecular complexity index is 446. The smallest absolute Gasteiger partial charge is 0.348 e. The Hall–Kier alpha value is -1.30. The zero-order chi connectivity index (χ0) is 12.7. The summed E-state index contributed by atoms with van der Waals surface area (Å²) < 4.78 is 5.01. The van der Waals surface area contributed by atoms with E-state index in [4.69, 9.17) is 4.74 Å². The van der Waals surface area contributed by atoms with Gasteiger partial charge in [0.05, 0.1) is 6.61 Å². The molecule has 0 heterocycles. The summed E-state index contributed by atoms with van der Waals surface area (Å²) in [4.78, 5) is 11.8. The molecular formula is C15H19NO2. The van der Waals surface area contributed by atoms with Crippen LogP contribution in [0.5, 0.6) is 0 Å². The van der Waals surface area contributed by atoms with Gasteiger partial charge in [0.15, 0.2) is 0 Å². The van der Waals surface area contributed by atoms with E-state index in [1.807, 2.05) is 0 Å². The van der Waals surface area contributed by atoms with Gasteiger partial charge in [0, 0.05) is 0 Å². The van der Waals surface area contributed by atoms with Gasteiger partial charge in [0.2, 0.25) is 0 Å². The molecule has 3 fully saturated rings. The number of rotatable bonds is 2. The molecule has 0 aromatic carbocycles. The summed E-state index contributed by atoms with van der Waals surface area (Å²) in [6.45, 7) is 2.13. The maximum atomic E-state index is 11.8. The molecule has 3 heteroatoms. The maximum Gasteiger partial charge on any atom is 0.348 e. The van der Waals surface area contributed by atoms with E-state index in [0.29, 0.717) is 18.1 Å². The van der Waals surface area contributed by atoms with Crippen LogP contribution in [-0.4, -0.2) is 12.6 Å². The lowest BCUT2D eigenvalue weighted by Gasteiger charge is -2.27. The van der Waals surface area contributed by atoms with Crippen molar-refractivity contribution in [3.8, 4) is 6.07 Å². The van der Waals surface area contributed by atoms with Crippen molar-refractivity contribution in [1.82, 2.24) is 0 Å². The quantitative estimate of drug-likeness (QED) is 0.427. The van der Waals surface area contributed by atoms with Crippen molar-refractivity contribution in [3.05, 3.63) is 11.1 Å². The van der Waals surface area contributed by atoms with Crippen molar-refractivity contribution in [3.63, 3.8) is 0 Å². The molecule has 0 aromatic heterocycles. The summed E-state index contributed by atoms with van der Waals surface area (Å²) >= 11 is 0. The van der Waals surface area contributed by atoms with Crippen LogP contribution in [0.2, 0.25) is 0 Å². The van der Waals surface area contributed by atoms with Crippen LogP contribution in [0.1, 0.15) is 39.0 Å². The fourth-order valence-corrected chi connectivity index (χ4v) is 4.59. The van der Waals surface area contributed by atoms with Crippen molar-refractivity contribution < 1.29 is 9.53 Å². The van der Waals surface area contributed by atoms with Gasteiger partial charge in [-0.15, -0.1) is 0 Å². The highest BCUT2D eigenvalue weighted by Crippen LogP contribution is 2.61. The van der Waals surface area contributed by atoms with Crippen molar-refractivity contribution in [1.29, 1.82) is 5.26 Å². The highest BCUT2D eigenvalue weighted by Gasteiger charge is 2.52. The van der Waals surface area contributed by atoms with Crippen molar-refractivity contribution in [2.45, 2.75) is 39.0 Å². The molecule has 3 rings (SSSR count). The van der Waals surface area contributed by atoms with Gasteiger partial charge < -0.3 is 4.74 Å². The van der Waals surface area contributed by atoms with E-state index in [-0.39, 0.29) is 0 Å². The number of carbonyl (C=O) groups is 1. The summed E-state index contributed by atoms with van der Waals surface area (Å²) in [5.41, 5.74) is 1.43. The molecule has 0 saturated heterocycles. The van der Waals surface area contributed by atoms with Crippen LogP contribution >= 0.6 is 0 Å². The molecule has 0 aliphatic heterocycles. The van der Waals surface area contributed by atoms with Gasteiger partial charge in [-0.05, 0) is 61.9 Å². The SMILES string of the molecule is CCOC(=O)/C(C#N)=C1\C[C@H]2C[C@H]1[C@H]1CCC[C@H]21. The van der Waals surface area contributed by atoms with Gasteiger partial charge in [0.25, 0.3) is 0 Å².